The highest BCUT2D eigenvalue weighted by Crippen LogP contribution is 2.19. The highest BCUT2D eigenvalue weighted by molar-refractivity contribution is 6.03. The smallest absolute Gasteiger partial charge is 0.306 e. The van der Waals surface area contributed by atoms with Crippen LogP contribution in [-0.4, -0.2) is 23.5 Å². The molecule has 2 aromatic carbocycles. The number of esters is 1. The summed E-state index contributed by atoms with van der Waals surface area (Å²) in [4.78, 5) is 28.5. The fraction of sp³-hybridized carbons (Fsp3) is 0.174. The molecule has 0 aliphatic carbocycles. The second kappa shape index (κ2) is 9.59. The van der Waals surface area contributed by atoms with Gasteiger partial charge in [0.25, 0.3) is 5.91 Å². The van der Waals surface area contributed by atoms with Crippen molar-refractivity contribution in [3.63, 3.8) is 0 Å². The Hall–Kier alpha value is -3.54. The molecule has 0 saturated heterocycles. The Labute approximate surface area is 168 Å². The monoisotopic (exact) mass is 392 g/mol. The van der Waals surface area contributed by atoms with Crippen LogP contribution in [0.4, 0.5) is 10.1 Å². The summed E-state index contributed by atoms with van der Waals surface area (Å²) < 4.78 is 18.0. The Balaban J connectivity index is 1.69. The van der Waals surface area contributed by atoms with Gasteiger partial charge in [0, 0.05) is 17.7 Å². The fourth-order valence-electron chi connectivity index (χ4n) is 2.82. The van der Waals surface area contributed by atoms with Crippen molar-refractivity contribution in [2.75, 3.05) is 11.9 Å². The average molecular weight is 392 g/mol. The second-order valence-electron chi connectivity index (χ2n) is 6.37. The van der Waals surface area contributed by atoms with Gasteiger partial charge >= 0.3 is 5.97 Å². The number of halogens is 1. The molecule has 3 aromatic rings. The van der Waals surface area contributed by atoms with Gasteiger partial charge < -0.3 is 10.1 Å². The van der Waals surface area contributed by atoms with Crippen LogP contribution in [0.3, 0.4) is 0 Å². The number of hydrogen-bond acceptors (Lipinski definition) is 4. The van der Waals surface area contributed by atoms with E-state index in [1.54, 1.807) is 43.3 Å². The summed E-state index contributed by atoms with van der Waals surface area (Å²) in [7, 11) is 0. The van der Waals surface area contributed by atoms with Gasteiger partial charge in [0.2, 0.25) is 0 Å². The van der Waals surface area contributed by atoms with Crippen LogP contribution in [-0.2, 0) is 16.0 Å². The lowest BCUT2D eigenvalue weighted by Crippen LogP contribution is -2.14. The number of benzene rings is 2. The van der Waals surface area contributed by atoms with Crippen molar-refractivity contribution in [3.05, 3.63) is 83.8 Å². The van der Waals surface area contributed by atoms with Crippen LogP contribution >= 0.6 is 0 Å². The number of aromatic nitrogens is 1. The van der Waals surface area contributed by atoms with Crippen molar-refractivity contribution < 1.29 is 18.7 Å². The van der Waals surface area contributed by atoms with Crippen LogP contribution in [0.5, 0.6) is 0 Å². The maximum absolute atomic E-state index is 13.1. The molecule has 0 radical (unpaired) electrons. The zero-order chi connectivity index (χ0) is 20.6. The molecule has 0 spiro atoms. The van der Waals surface area contributed by atoms with Gasteiger partial charge in [-0.3, -0.25) is 9.59 Å². The van der Waals surface area contributed by atoms with Crippen molar-refractivity contribution >= 4 is 17.6 Å². The SMILES string of the molecule is CCOC(=O)CCc1cccc(NC(=O)c2cccc(-c3ccc(F)cc3)n2)c1. The molecule has 0 fully saturated rings. The summed E-state index contributed by atoms with van der Waals surface area (Å²) in [5, 5.41) is 2.82. The third-order valence-electron chi connectivity index (χ3n) is 4.23. The van der Waals surface area contributed by atoms with E-state index < -0.39 is 0 Å². The van der Waals surface area contributed by atoms with Crippen molar-refractivity contribution in [1.29, 1.82) is 0 Å². The Bertz CT molecular complexity index is 1000. The minimum Gasteiger partial charge on any atom is -0.466 e. The molecular weight excluding hydrogens is 371 g/mol. The molecule has 29 heavy (non-hydrogen) atoms. The molecule has 0 bridgehead atoms. The number of pyridine rings is 1. The third kappa shape index (κ3) is 5.72. The maximum Gasteiger partial charge on any atom is 0.306 e. The van der Waals surface area contributed by atoms with Crippen molar-refractivity contribution in [1.82, 2.24) is 4.98 Å². The molecule has 0 aliphatic rings. The molecule has 0 saturated carbocycles. The van der Waals surface area contributed by atoms with Crippen molar-refractivity contribution in [2.45, 2.75) is 19.8 Å². The van der Waals surface area contributed by atoms with Gasteiger partial charge in [0.1, 0.15) is 11.5 Å². The van der Waals surface area contributed by atoms with Crippen molar-refractivity contribution in [3.8, 4) is 11.3 Å². The number of carbonyl (C=O) groups is 2. The molecule has 5 nitrogen and oxygen atoms in total. The highest BCUT2D eigenvalue weighted by atomic mass is 19.1. The zero-order valence-electron chi connectivity index (χ0n) is 16.0. The van der Waals surface area contributed by atoms with Crippen LogP contribution in [0.15, 0.2) is 66.7 Å². The number of carbonyl (C=O) groups excluding carboxylic acids is 2. The Kier molecular flexibility index (Phi) is 6.68. The van der Waals surface area contributed by atoms with Gasteiger partial charge in [0.15, 0.2) is 0 Å². The average Bonchev–Trinajstić information content (AvgIpc) is 2.73. The molecule has 0 unspecified atom stereocenters. The van der Waals surface area contributed by atoms with Crippen LogP contribution in [0.25, 0.3) is 11.3 Å². The molecule has 1 N–H and O–H groups in total. The number of rotatable bonds is 7. The first-order valence-electron chi connectivity index (χ1n) is 9.34. The molecule has 0 atom stereocenters. The van der Waals surface area contributed by atoms with Crippen LogP contribution < -0.4 is 5.32 Å². The molecule has 6 heteroatoms. The van der Waals surface area contributed by atoms with E-state index in [4.69, 9.17) is 4.74 Å². The Morgan fingerprint density at radius 3 is 2.55 bits per heavy atom. The lowest BCUT2D eigenvalue weighted by Gasteiger charge is -2.08. The lowest BCUT2D eigenvalue weighted by atomic mass is 10.1. The quantitative estimate of drug-likeness (QED) is 0.595. The molecule has 1 amide bonds. The number of hydrogen-bond donors (Lipinski definition) is 1. The van der Waals surface area contributed by atoms with Gasteiger partial charge in [-0.05, 0) is 67.4 Å². The van der Waals surface area contributed by atoms with E-state index in [2.05, 4.69) is 10.3 Å². The standard InChI is InChI=1S/C23H21FN2O3/c1-2-29-22(27)14-9-16-5-3-6-19(15-16)25-23(28)21-8-4-7-20(26-21)17-10-12-18(24)13-11-17/h3-8,10-13,15H,2,9,14H2,1H3,(H,25,28). The van der Waals surface area contributed by atoms with Crippen LogP contribution in [0.1, 0.15) is 29.4 Å². The van der Waals surface area contributed by atoms with E-state index in [0.29, 0.717) is 24.4 Å². The second-order valence-corrected chi connectivity index (χ2v) is 6.37. The molecule has 0 aliphatic heterocycles. The predicted molar refractivity (Wildman–Crippen MR) is 109 cm³/mol. The summed E-state index contributed by atoms with van der Waals surface area (Å²) in [6.45, 7) is 2.13. The lowest BCUT2D eigenvalue weighted by molar-refractivity contribution is -0.143. The van der Waals surface area contributed by atoms with Crippen LogP contribution in [0, 0.1) is 5.82 Å². The predicted octanol–water partition coefficient (Wildman–Crippen LogP) is 4.64. The van der Waals surface area contributed by atoms with Gasteiger partial charge in [-0.2, -0.15) is 0 Å². The number of aryl methyl sites for hydroxylation is 1. The first-order valence-corrected chi connectivity index (χ1v) is 9.34. The maximum atomic E-state index is 13.1. The minimum absolute atomic E-state index is 0.247. The molecular formula is C23H21FN2O3. The minimum atomic E-state index is -0.350. The fourth-order valence-corrected chi connectivity index (χ4v) is 2.82. The summed E-state index contributed by atoms with van der Waals surface area (Å²) in [5.41, 5.74) is 3.10. The Morgan fingerprint density at radius 2 is 1.79 bits per heavy atom. The largest absolute Gasteiger partial charge is 0.466 e. The number of amides is 1. The van der Waals surface area contributed by atoms with Gasteiger partial charge in [-0.25, -0.2) is 9.37 Å². The summed E-state index contributed by atoms with van der Waals surface area (Å²) >= 11 is 0. The summed E-state index contributed by atoms with van der Waals surface area (Å²) in [5.74, 6) is -0.925. The van der Waals surface area contributed by atoms with Crippen molar-refractivity contribution in [2.24, 2.45) is 0 Å². The first-order chi connectivity index (χ1) is 14.0. The van der Waals surface area contributed by atoms with Gasteiger partial charge in [0.05, 0.1) is 12.3 Å². The van der Waals surface area contributed by atoms with Crippen LogP contribution in [0.2, 0.25) is 0 Å². The van der Waals surface area contributed by atoms with E-state index in [9.17, 15) is 14.0 Å². The highest BCUT2D eigenvalue weighted by Gasteiger charge is 2.10. The molecule has 1 heterocycles. The summed E-state index contributed by atoms with van der Waals surface area (Å²) in [6, 6.07) is 18.4. The number of nitrogens with one attached hydrogen (secondary N) is 1. The Morgan fingerprint density at radius 1 is 1.03 bits per heavy atom. The molecule has 1 aromatic heterocycles. The third-order valence-corrected chi connectivity index (χ3v) is 4.23. The van der Waals surface area contributed by atoms with E-state index in [1.165, 1.54) is 12.1 Å². The van der Waals surface area contributed by atoms with E-state index in [0.717, 1.165) is 11.1 Å². The zero-order valence-corrected chi connectivity index (χ0v) is 16.0. The molecule has 148 valence electrons. The van der Waals surface area contributed by atoms with E-state index in [-0.39, 0.29) is 29.8 Å². The summed E-state index contributed by atoms with van der Waals surface area (Å²) in [6.07, 6.45) is 0.813. The van der Waals surface area contributed by atoms with Gasteiger partial charge in [-0.1, -0.05) is 18.2 Å². The molecule has 3 rings (SSSR count). The number of nitrogens with zero attached hydrogens (tertiary/aromatic N) is 1. The van der Waals surface area contributed by atoms with E-state index >= 15 is 0 Å². The number of anilines is 1. The van der Waals surface area contributed by atoms with E-state index in [1.807, 2.05) is 18.2 Å². The number of ether oxygens (including phenoxy) is 1. The van der Waals surface area contributed by atoms with Gasteiger partial charge in [-0.15, -0.1) is 0 Å². The topological polar surface area (TPSA) is 68.3 Å². The normalized spacial score (nSPS) is 10.4. The first kappa shape index (κ1) is 20.2.